The van der Waals surface area contributed by atoms with Gasteiger partial charge in [-0.15, -0.1) is 0 Å². The van der Waals surface area contributed by atoms with Crippen molar-refractivity contribution in [3.8, 4) is 28.4 Å². The monoisotopic (exact) mass is 468 g/mol. The summed E-state index contributed by atoms with van der Waals surface area (Å²) in [5.41, 5.74) is 3.07. The molecule has 0 atom stereocenters. The number of nitrogens with one attached hydrogen (secondary N) is 1. The highest BCUT2D eigenvalue weighted by atomic mass is 32.2. The van der Waals surface area contributed by atoms with Crippen LogP contribution in [0.2, 0.25) is 0 Å². The molecule has 1 aromatic carbocycles. The van der Waals surface area contributed by atoms with Crippen LogP contribution < -0.4 is 10.1 Å². The number of imidazole rings is 1. The van der Waals surface area contributed by atoms with Gasteiger partial charge in [0.05, 0.1) is 19.1 Å². The van der Waals surface area contributed by atoms with Crippen LogP contribution in [0.15, 0.2) is 53.4 Å². The zero-order valence-corrected chi connectivity index (χ0v) is 19.1. The molecule has 1 fully saturated rings. The SMILES string of the molecule is COc1cccc(-c2nc3occn3c2-c2ccnc(NC3CCN(S(C)(=O)=O)CC3)n2)c1. The molecule has 1 N–H and O–H groups in total. The summed E-state index contributed by atoms with van der Waals surface area (Å²) in [4.78, 5) is 13.8. The number of hydrogen-bond acceptors (Lipinski definition) is 8. The Morgan fingerprint density at radius 2 is 2.00 bits per heavy atom. The first-order chi connectivity index (χ1) is 15.9. The van der Waals surface area contributed by atoms with Gasteiger partial charge in [0.2, 0.25) is 16.0 Å². The largest absolute Gasteiger partial charge is 0.497 e. The van der Waals surface area contributed by atoms with Crippen molar-refractivity contribution in [2.45, 2.75) is 18.9 Å². The molecule has 10 nitrogen and oxygen atoms in total. The van der Waals surface area contributed by atoms with E-state index >= 15 is 0 Å². The van der Waals surface area contributed by atoms with Crippen LogP contribution in [0.1, 0.15) is 12.8 Å². The summed E-state index contributed by atoms with van der Waals surface area (Å²) in [6.07, 6.45) is 7.71. The molecule has 0 radical (unpaired) electrons. The molecule has 5 rings (SSSR count). The van der Waals surface area contributed by atoms with Crippen LogP contribution >= 0.6 is 0 Å². The number of nitrogens with zero attached hydrogens (tertiary/aromatic N) is 5. The molecule has 3 aromatic heterocycles. The van der Waals surface area contributed by atoms with E-state index in [-0.39, 0.29) is 6.04 Å². The van der Waals surface area contributed by atoms with Crippen LogP contribution in [0, 0.1) is 0 Å². The second-order valence-electron chi connectivity index (χ2n) is 7.94. The lowest BCUT2D eigenvalue weighted by molar-refractivity contribution is 0.331. The Kier molecular flexibility index (Phi) is 5.51. The van der Waals surface area contributed by atoms with Crippen LogP contribution in [0.3, 0.4) is 0 Å². The predicted molar refractivity (Wildman–Crippen MR) is 124 cm³/mol. The third-order valence-corrected chi connectivity index (χ3v) is 7.06. The number of hydrogen-bond donors (Lipinski definition) is 1. The quantitative estimate of drug-likeness (QED) is 0.459. The van der Waals surface area contributed by atoms with Gasteiger partial charge in [-0.2, -0.15) is 4.98 Å². The lowest BCUT2D eigenvalue weighted by Gasteiger charge is -2.30. The Balaban J connectivity index is 1.45. The highest BCUT2D eigenvalue weighted by molar-refractivity contribution is 7.88. The Morgan fingerprint density at radius 3 is 2.76 bits per heavy atom. The summed E-state index contributed by atoms with van der Waals surface area (Å²) < 4.78 is 37.8. The van der Waals surface area contributed by atoms with Gasteiger partial charge in [0.25, 0.3) is 0 Å². The van der Waals surface area contributed by atoms with Gasteiger partial charge < -0.3 is 14.5 Å². The maximum atomic E-state index is 11.8. The Morgan fingerprint density at radius 1 is 1.18 bits per heavy atom. The van der Waals surface area contributed by atoms with E-state index in [1.165, 1.54) is 10.6 Å². The van der Waals surface area contributed by atoms with Gasteiger partial charge in [-0.1, -0.05) is 12.1 Å². The molecule has 172 valence electrons. The summed E-state index contributed by atoms with van der Waals surface area (Å²) >= 11 is 0. The number of rotatable bonds is 6. The van der Waals surface area contributed by atoms with Crippen molar-refractivity contribution in [3.05, 3.63) is 49.0 Å². The Bertz CT molecular complexity index is 1390. The summed E-state index contributed by atoms with van der Waals surface area (Å²) in [6.45, 7) is 0.961. The molecule has 1 aliphatic rings. The number of oxazole rings is 1. The van der Waals surface area contributed by atoms with Crippen molar-refractivity contribution in [3.63, 3.8) is 0 Å². The second-order valence-corrected chi connectivity index (χ2v) is 9.93. The van der Waals surface area contributed by atoms with E-state index in [0.717, 1.165) is 22.7 Å². The minimum absolute atomic E-state index is 0.0930. The number of anilines is 1. The van der Waals surface area contributed by atoms with Crippen molar-refractivity contribution in [2.24, 2.45) is 0 Å². The second kappa shape index (κ2) is 8.49. The van der Waals surface area contributed by atoms with Gasteiger partial charge in [-0.25, -0.2) is 22.7 Å². The lowest BCUT2D eigenvalue weighted by atomic mass is 10.1. The highest BCUT2D eigenvalue weighted by Crippen LogP contribution is 2.34. The van der Waals surface area contributed by atoms with Crippen LogP contribution in [0.25, 0.3) is 28.5 Å². The first-order valence-corrected chi connectivity index (χ1v) is 12.4. The summed E-state index contributed by atoms with van der Waals surface area (Å²) in [5, 5.41) is 3.36. The third-order valence-electron chi connectivity index (χ3n) is 5.76. The molecule has 4 aromatic rings. The first-order valence-electron chi connectivity index (χ1n) is 10.6. The zero-order chi connectivity index (χ0) is 23.0. The predicted octanol–water partition coefficient (Wildman–Crippen LogP) is 2.90. The molecule has 0 saturated carbocycles. The van der Waals surface area contributed by atoms with E-state index in [0.29, 0.717) is 43.4 Å². The van der Waals surface area contributed by atoms with E-state index in [1.807, 2.05) is 34.7 Å². The van der Waals surface area contributed by atoms with E-state index < -0.39 is 10.0 Å². The number of aromatic nitrogens is 4. The van der Waals surface area contributed by atoms with Gasteiger partial charge in [-0.3, -0.25) is 4.40 Å². The van der Waals surface area contributed by atoms with Gasteiger partial charge in [0.1, 0.15) is 23.4 Å². The molecule has 0 unspecified atom stereocenters. The van der Waals surface area contributed by atoms with E-state index in [1.54, 1.807) is 25.8 Å². The van der Waals surface area contributed by atoms with Crippen LogP contribution in [0.4, 0.5) is 5.95 Å². The van der Waals surface area contributed by atoms with Gasteiger partial charge in [0, 0.05) is 37.1 Å². The molecule has 0 amide bonds. The Labute approximate surface area is 191 Å². The molecule has 1 saturated heterocycles. The molecule has 0 aliphatic carbocycles. The first kappa shape index (κ1) is 21.4. The summed E-state index contributed by atoms with van der Waals surface area (Å²) in [6, 6.07) is 9.60. The zero-order valence-electron chi connectivity index (χ0n) is 18.3. The molecular weight excluding hydrogens is 444 g/mol. The molecule has 4 heterocycles. The minimum atomic E-state index is -3.16. The number of sulfonamides is 1. The molecular formula is C22H24N6O4S. The standard InChI is InChI=1S/C22H24N6O4S/c1-31-17-5-3-4-15(14-17)19-20(28-12-13-32-22(28)26-19)18-6-9-23-21(25-18)24-16-7-10-27(11-8-16)33(2,29)30/h3-6,9,12-14,16H,7-8,10-11H2,1-2H3,(H,23,24,25). The lowest BCUT2D eigenvalue weighted by Crippen LogP contribution is -2.42. The van der Waals surface area contributed by atoms with E-state index in [2.05, 4.69) is 15.3 Å². The third kappa shape index (κ3) is 4.29. The maximum absolute atomic E-state index is 11.8. The molecule has 33 heavy (non-hydrogen) atoms. The summed E-state index contributed by atoms with van der Waals surface area (Å²) in [5.74, 6) is 1.68. The molecule has 11 heteroatoms. The topological polar surface area (TPSA) is 115 Å². The van der Waals surface area contributed by atoms with Crippen LogP contribution in [-0.4, -0.2) is 64.6 Å². The van der Waals surface area contributed by atoms with E-state index in [9.17, 15) is 8.42 Å². The molecule has 0 bridgehead atoms. The van der Waals surface area contributed by atoms with Crippen molar-refractivity contribution in [1.29, 1.82) is 0 Å². The molecule has 1 aliphatic heterocycles. The average Bonchev–Trinajstić information content (AvgIpc) is 3.40. The number of piperidine rings is 1. The van der Waals surface area contributed by atoms with Crippen LogP contribution in [0.5, 0.6) is 5.75 Å². The number of benzene rings is 1. The minimum Gasteiger partial charge on any atom is -0.497 e. The smallest absolute Gasteiger partial charge is 0.306 e. The fraction of sp³-hybridized carbons (Fsp3) is 0.318. The number of ether oxygens (including phenoxy) is 1. The summed E-state index contributed by atoms with van der Waals surface area (Å²) in [7, 11) is -1.54. The van der Waals surface area contributed by atoms with Crippen LogP contribution in [-0.2, 0) is 10.0 Å². The van der Waals surface area contributed by atoms with Crippen molar-refractivity contribution in [1.82, 2.24) is 23.7 Å². The molecule has 0 spiro atoms. The van der Waals surface area contributed by atoms with Crippen molar-refractivity contribution in [2.75, 3.05) is 31.8 Å². The average molecular weight is 469 g/mol. The fourth-order valence-electron chi connectivity index (χ4n) is 4.08. The fourth-order valence-corrected chi connectivity index (χ4v) is 4.95. The van der Waals surface area contributed by atoms with Crippen molar-refractivity contribution < 1.29 is 17.6 Å². The Hall–Kier alpha value is -3.44. The normalized spacial score (nSPS) is 15.7. The van der Waals surface area contributed by atoms with Gasteiger partial charge >= 0.3 is 5.84 Å². The van der Waals surface area contributed by atoms with E-state index in [4.69, 9.17) is 14.1 Å². The maximum Gasteiger partial charge on any atom is 0.306 e. The van der Waals surface area contributed by atoms with Gasteiger partial charge in [0.15, 0.2) is 0 Å². The van der Waals surface area contributed by atoms with Crippen molar-refractivity contribution >= 4 is 21.8 Å². The van der Waals surface area contributed by atoms with Gasteiger partial charge in [-0.05, 0) is 31.0 Å². The highest BCUT2D eigenvalue weighted by Gasteiger charge is 2.26. The number of methoxy groups -OCH3 is 1. The number of fused-ring (bicyclic) bond motifs is 1.